The predicted molar refractivity (Wildman–Crippen MR) is 23.3 cm³/mol. The zero-order valence-electron chi connectivity index (χ0n) is 1.54. The molecule has 0 aliphatic carbocycles. The molecule has 0 fully saturated rings. The summed E-state index contributed by atoms with van der Waals surface area (Å²) in [5.41, 5.74) is 0. The summed E-state index contributed by atoms with van der Waals surface area (Å²) in [6.07, 6.45) is 0. The van der Waals surface area contributed by atoms with E-state index in [2.05, 4.69) is 0 Å². The Kier molecular flexibility index (Phi) is 4.07. The van der Waals surface area contributed by atoms with E-state index in [1.165, 1.54) is 0 Å². The average Bonchev–Trinajstić information content (AvgIpc) is 0.811. The summed E-state index contributed by atoms with van der Waals surface area (Å²) in [5.74, 6) is 0. The SMILES string of the molecule is Cl[Te+](Cl)Cl. The van der Waals surface area contributed by atoms with Gasteiger partial charge in [-0.25, -0.2) is 0 Å². The van der Waals surface area contributed by atoms with Crippen molar-refractivity contribution in [2.24, 2.45) is 0 Å². The summed E-state index contributed by atoms with van der Waals surface area (Å²) in [5, 5.41) is 0. The molecule has 26 valence electrons. The molecule has 0 radical (unpaired) electrons. The monoisotopic (exact) mass is 235 g/mol. The molecule has 0 amide bonds. The van der Waals surface area contributed by atoms with E-state index in [1.807, 2.05) is 0 Å². The van der Waals surface area contributed by atoms with Gasteiger partial charge in [-0.05, 0) is 0 Å². The molecule has 0 saturated heterocycles. The molecule has 0 aliphatic rings. The summed E-state index contributed by atoms with van der Waals surface area (Å²) in [4.78, 5) is 0. The van der Waals surface area contributed by atoms with Gasteiger partial charge in [-0.15, -0.1) is 0 Å². The van der Waals surface area contributed by atoms with Crippen LogP contribution in [-0.2, 0) is 0 Å². The fourth-order valence-corrected chi connectivity index (χ4v) is 0. The van der Waals surface area contributed by atoms with E-state index >= 15 is 0 Å². The Balaban J connectivity index is 2.32. The molecule has 4 heavy (non-hydrogen) atoms. The number of halogens is 3. The Bertz CT molecular complexity index is 8.00. The zero-order valence-corrected chi connectivity index (χ0v) is 6.14. The molecule has 0 aromatic carbocycles. The van der Waals surface area contributed by atoms with Gasteiger partial charge in [-0.1, -0.05) is 0 Å². The van der Waals surface area contributed by atoms with Gasteiger partial charge < -0.3 is 0 Å². The van der Waals surface area contributed by atoms with Crippen LogP contribution in [0.25, 0.3) is 0 Å². The second-order valence-electron chi connectivity index (χ2n) is 0.175. The molecule has 0 spiro atoms. The normalized spacial score (nSPS) is 9.00. The molecule has 0 nitrogen and oxygen atoms in total. The van der Waals surface area contributed by atoms with E-state index < -0.39 is 16.2 Å². The van der Waals surface area contributed by atoms with Crippen molar-refractivity contribution in [1.29, 1.82) is 0 Å². The van der Waals surface area contributed by atoms with Crippen molar-refractivity contribution in [3.05, 3.63) is 0 Å². The summed E-state index contributed by atoms with van der Waals surface area (Å²) < 4.78 is 0. The van der Waals surface area contributed by atoms with Crippen molar-refractivity contribution in [3.8, 4) is 0 Å². The van der Waals surface area contributed by atoms with Crippen LogP contribution in [-0.4, -0.2) is 16.2 Å². The Morgan fingerprint density at radius 3 is 1.00 bits per heavy atom. The van der Waals surface area contributed by atoms with Crippen LogP contribution >= 0.6 is 26.9 Å². The minimum atomic E-state index is -1.94. The molecule has 0 saturated carbocycles. The summed E-state index contributed by atoms with van der Waals surface area (Å²) in [7, 11) is 14.9. The predicted octanol–water partition coefficient (Wildman–Crippen LogP) is 1.69. The van der Waals surface area contributed by atoms with Crippen LogP contribution in [0.2, 0.25) is 0 Å². The molecule has 0 rings (SSSR count). The van der Waals surface area contributed by atoms with Gasteiger partial charge in [-0.2, -0.15) is 0 Å². The fraction of sp³-hybridized carbons (Fsp3) is 0. The molecule has 0 N–H and O–H groups in total. The quantitative estimate of drug-likeness (QED) is 0.559. The third kappa shape index (κ3) is 9.40. The van der Waals surface area contributed by atoms with Gasteiger partial charge in [0.05, 0.1) is 0 Å². The van der Waals surface area contributed by atoms with E-state index in [0.29, 0.717) is 0 Å². The van der Waals surface area contributed by atoms with Gasteiger partial charge in [-0.3, -0.25) is 0 Å². The number of hydrogen-bond acceptors (Lipinski definition) is 0. The van der Waals surface area contributed by atoms with Crippen LogP contribution in [0.4, 0.5) is 0 Å². The Labute approximate surface area is 42.9 Å². The summed E-state index contributed by atoms with van der Waals surface area (Å²) >= 11 is -1.94. The van der Waals surface area contributed by atoms with E-state index in [0.717, 1.165) is 0 Å². The molecule has 0 heterocycles. The topological polar surface area (TPSA) is 0 Å². The van der Waals surface area contributed by atoms with Gasteiger partial charge >= 0.3 is 43.1 Å². The molecule has 0 atom stereocenters. The Morgan fingerprint density at radius 1 is 1.00 bits per heavy atom. The first-order valence-corrected chi connectivity index (χ1v) is 9.32. The van der Waals surface area contributed by atoms with E-state index in [9.17, 15) is 0 Å². The first kappa shape index (κ1) is 5.66. The zero-order chi connectivity index (χ0) is 3.58. The molecule has 0 aromatic rings. The van der Waals surface area contributed by atoms with Crippen molar-refractivity contribution >= 4 is 43.1 Å². The van der Waals surface area contributed by atoms with Crippen LogP contribution in [0.1, 0.15) is 0 Å². The van der Waals surface area contributed by atoms with Gasteiger partial charge in [0.1, 0.15) is 0 Å². The van der Waals surface area contributed by atoms with Gasteiger partial charge in [0.25, 0.3) is 0 Å². The van der Waals surface area contributed by atoms with E-state index in [1.54, 1.807) is 0 Å². The first-order valence-electron chi connectivity index (χ1n) is 0.463. The summed E-state index contributed by atoms with van der Waals surface area (Å²) in [6.45, 7) is 0. The van der Waals surface area contributed by atoms with E-state index in [4.69, 9.17) is 26.9 Å². The summed E-state index contributed by atoms with van der Waals surface area (Å²) in [6, 6.07) is 0. The molecule has 0 aromatic heterocycles. The molecule has 0 unspecified atom stereocenters. The molecule has 4 heteroatoms. The third-order valence-corrected chi connectivity index (χ3v) is 0. The second-order valence-corrected chi connectivity index (χ2v) is 10.6. The molecule has 0 aliphatic heterocycles. The van der Waals surface area contributed by atoms with Crippen molar-refractivity contribution in [1.82, 2.24) is 0 Å². The Morgan fingerprint density at radius 2 is 1.00 bits per heavy atom. The number of rotatable bonds is 0. The van der Waals surface area contributed by atoms with Crippen LogP contribution in [0.3, 0.4) is 0 Å². The minimum absolute atomic E-state index is 1.94. The Hall–Kier alpha value is 1.66. The van der Waals surface area contributed by atoms with Gasteiger partial charge in [0.15, 0.2) is 0 Å². The average molecular weight is 234 g/mol. The van der Waals surface area contributed by atoms with Crippen LogP contribution in [0.15, 0.2) is 0 Å². The van der Waals surface area contributed by atoms with Crippen LogP contribution < -0.4 is 0 Å². The van der Waals surface area contributed by atoms with Crippen molar-refractivity contribution < 1.29 is 0 Å². The fourth-order valence-electron chi connectivity index (χ4n) is 0. The van der Waals surface area contributed by atoms with Crippen LogP contribution in [0, 0.1) is 0 Å². The van der Waals surface area contributed by atoms with Crippen molar-refractivity contribution in [2.75, 3.05) is 0 Å². The first-order chi connectivity index (χ1) is 1.73. The second kappa shape index (κ2) is 2.87. The van der Waals surface area contributed by atoms with Gasteiger partial charge in [0.2, 0.25) is 0 Å². The van der Waals surface area contributed by atoms with E-state index in [-0.39, 0.29) is 0 Å². The van der Waals surface area contributed by atoms with Crippen molar-refractivity contribution in [3.63, 3.8) is 0 Å². The molecule has 0 bridgehead atoms. The maximum absolute atomic E-state index is 4.98. The number of hydrogen-bond donors (Lipinski definition) is 0. The van der Waals surface area contributed by atoms with Crippen molar-refractivity contribution in [2.45, 2.75) is 0 Å². The van der Waals surface area contributed by atoms with Gasteiger partial charge in [0, 0.05) is 0 Å². The van der Waals surface area contributed by atoms with Crippen LogP contribution in [0.5, 0.6) is 0 Å². The maximum atomic E-state index is 4.98. The standard InChI is InChI=1S/Cl3Te/c1-4(2)3/q+1. The third-order valence-electron chi connectivity index (χ3n) is 0. The molecular weight excluding hydrogens is 234 g/mol. The molecular formula is Cl3Te+.